The lowest BCUT2D eigenvalue weighted by Gasteiger charge is -2.36. The summed E-state index contributed by atoms with van der Waals surface area (Å²) in [4.78, 5) is 30.3. The van der Waals surface area contributed by atoms with Crippen LogP contribution in [0.2, 0.25) is 0 Å². The van der Waals surface area contributed by atoms with Crippen molar-refractivity contribution >= 4 is 22.9 Å². The zero-order valence-corrected chi connectivity index (χ0v) is 19.7. The van der Waals surface area contributed by atoms with Crippen molar-refractivity contribution in [3.8, 4) is 0 Å². The maximum Gasteiger partial charge on any atom is 0.404 e. The number of unbranched alkanes of at least 4 members (excludes halogenated alkanes) is 1. The molecule has 1 heterocycles. The maximum atomic E-state index is 13.5. The van der Waals surface area contributed by atoms with Gasteiger partial charge in [0, 0.05) is 37.9 Å². The summed E-state index contributed by atoms with van der Waals surface area (Å²) in [5, 5.41) is 12.0. The molecule has 0 bridgehead atoms. The van der Waals surface area contributed by atoms with Gasteiger partial charge in [-0.1, -0.05) is 24.3 Å². The Balaban J connectivity index is 2.22. The average Bonchev–Trinajstić information content (AvgIpc) is 2.81. The van der Waals surface area contributed by atoms with Gasteiger partial charge in [-0.2, -0.15) is 0 Å². The number of para-hydroxylation sites is 1. The summed E-state index contributed by atoms with van der Waals surface area (Å²) in [5.74, 6) is -0.203. The molecule has 2 rings (SSSR count). The molecule has 2 atom stereocenters. The summed E-state index contributed by atoms with van der Waals surface area (Å²) in [5.41, 5.74) is 8.04. The number of fused-ring (bicyclic) bond motifs is 1. The number of nitrogens with two attached hydrogens (primary N) is 1. The zero-order chi connectivity index (χ0) is 24.2. The Labute approximate surface area is 195 Å². The van der Waals surface area contributed by atoms with E-state index < -0.39 is 18.4 Å². The molecule has 0 radical (unpaired) electrons. The largest absolute Gasteiger partial charge is 0.465 e. The number of carboxylic acid groups (broad SMARTS) is 1. The smallest absolute Gasteiger partial charge is 0.404 e. The van der Waals surface area contributed by atoms with Gasteiger partial charge in [0.2, 0.25) is 5.91 Å². The molecule has 0 saturated carbocycles. The van der Waals surface area contributed by atoms with Crippen LogP contribution in [0.25, 0.3) is 10.9 Å². The van der Waals surface area contributed by atoms with E-state index >= 15 is 0 Å². The van der Waals surface area contributed by atoms with Gasteiger partial charge in [0.05, 0.1) is 17.6 Å². The van der Waals surface area contributed by atoms with Gasteiger partial charge in [0.25, 0.3) is 0 Å². The van der Waals surface area contributed by atoms with Crippen molar-refractivity contribution in [3.63, 3.8) is 0 Å². The molecule has 1 aromatic heterocycles. The highest BCUT2D eigenvalue weighted by Crippen LogP contribution is 2.22. The van der Waals surface area contributed by atoms with Crippen LogP contribution in [0.3, 0.4) is 0 Å². The van der Waals surface area contributed by atoms with Crippen molar-refractivity contribution in [1.29, 1.82) is 0 Å². The molecule has 0 aliphatic rings. The van der Waals surface area contributed by atoms with Crippen LogP contribution in [0.5, 0.6) is 0 Å². The van der Waals surface area contributed by atoms with E-state index in [-0.39, 0.29) is 11.9 Å². The van der Waals surface area contributed by atoms with E-state index in [4.69, 9.17) is 20.3 Å². The van der Waals surface area contributed by atoms with Crippen molar-refractivity contribution in [1.82, 2.24) is 15.2 Å². The van der Waals surface area contributed by atoms with E-state index in [2.05, 4.69) is 10.3 Å². The molecule has 4 N–H and O–H groups in total. The third-order valence-corrected chi connectivity index (χ3v) is 5.42. The number of rotatable bonds is 14. The van der Waals surface area contributed by atoms with Crippen molar-refractivity contribution < 1.29 is 24.2 Å². The fourth-order valence-electron chi connectivity index (χ4n) is 3.72. The average molecular weight is 461 g/mol. The third kappa shape index (κ3) is 7.96. The van der Waals surface area contributed by atoms with E-state index in [0.717, 1.165) is 16.5 Å². The van der Waals surface area contributed by atoms with Crippen LogP contribution >= 0.6 is 0 Å². The second kappa shape index (κ2) is 13.7. The molecule has 2 aromatic rings. The van der Waals surface area contributed by atoms with Crippen LogP contribution in [0.15, 0.2) is 36.5 Å². The Morgan fingerprint density at radius 1 is 1.15 bits per heavy atom. The normalized spacial score (nSPS) is 13.1. The SMILES string of the molecule is CCOC(OCC)C(C)N(Cc1cccc2cccnc12)C(=O)C(N)CCCCNC(=O)O. The number of carbonyl (C=O) groups is 2. The molecule has 9 heteroatoms. The Morgan fingerprint density at radius 3 is 2.52 bits per heavy atom. The maximum absolute atomic E-state index is 13.5. The van der Waals surface area contributed by atoms with E-state index in [1.807, 2.05) is 51.1 Å². The topological polar surface area (TPSA) is 127 Å². The molecule has 1 aromatic carbocycles. The van der Waals surface area contributed by atoms with Gasteiger partial charge in [-0.15, -0.1) is 0 Å². The van der Waals surface area contributed by atoms with Crippen LogP contribution < -0.4 is 11.1 Å². The van der Waals surface area contributed by atoms with E-state index in [0.29, 0.717) is 45.6 Å². The molecule has 0 fully saturated rings. The molecular weight excluding hydrogens is 424 g/mol. The zero-order valence-electron chi connectivity index (χ0n) is 19.7. The van der Waals surface area contributed by atoms with Crippen LogP contribution in [0.4, 0.5) is 4.79 Å². The molecule has 0 saturated heterocycles. The first-order valence-electron chi connectivity index (χ1n) is 11.5. The third-order valence-electron chi connectivity index (χ3n) is 5.42. The van der Waals surface area contributed by atoms with Crippen LogP contribution in [0.1, 0.15) is 45.6 Å². The number of ether oxygens (including phenoxy) is 2. The number of hydrogen-bond donors (Lipinski definition) is 3. The highest BCUT2D eigenvalue weighted by molar-refractivity contribution is 5.84. The van der Waals surface area contributed by atoms with Gasteiger partial charge in [0.15, 0.2) is 6.29 Å². The Hall–Kier alpha value is -2.75. The molecule has 0 spiro atoms. The summed E-state index contributed by atoms with van der Waals surface area (Å²) < 4.78 is 11.6. The highest BCUT2D eigenvalue weighted by atomic mass is 16.7. The first-order chi connectivity index (χ1) is 15.9. The lowest BCUT2D eigenvalue weighted by Crippen LogP contribution is -2.52. The number of carbonyl (C=O) groups excluding carboxylic acids is 1. The number of benzene rings is 1. The Kier molecular flexibility index (Phi) is 11.0. The summed E-state index contributed by atoms with van der Waals surface area (Å²) >= 11 is 0. The number of pyridine rings is 1. The minimum absolute atomic E-state index is 0.203. The standard InChI is InChI=1S/C24H36N4O5/c1-4-32-23(33-5-2)17(3)28(22(29)20(25)13-6-7-14-27-24(30)31)16-19-11-8-10-18-12-9-15-26-21(18)19/h8-12,15,17,20,23,27H,4-7,13-14,16,25H2,1-3H3,(H,30,31). The van der Waals surface area contributed by atoms with Gasteiger partial charge >= 0.3 is 6.09 Å². The first-order valence-corrected chi connectivity index (χ1v) is 11.5. The second-order valence-electron chi connectivity index (χ2n) is 7.81. The molecule has 2 amide bonds. The summed E-state index contributed by atoms with van der Waals surface area (Å²) in [6.45, 7) is 7.22. The fourth-order valence-corrected chi connectivity index (χ4v) is 3.72. The highest BCUT2D eigenvalue weighted by Gasteiger charge is 2.31. The number of nitrogens with zero attached hydrogens (tertiary/aromatic N) is 2. The van der Waals surface area contributed by atoms with Crippen molar-refractivity contribution in [3.05, 3.63) is 42.1 Å². The molecule has 0 aliphatic heterocycles. The monoisotopic (exact) mass is 460 g/mol. The Bertz CT molecular complexity index is 883. The van der Waals surface area contributed by atoms with Crippen LogP contribution in [0, 0.1) is 0 Å². The lowest BCUT2D eigenvalue weighted by molar-refractivity contribution is -0.179. The van der Waals surface area contributed by atoms with E-state index in [9.17, 15) is 9.59 Å². The van der Waals surface area contributed by atoms with E-state index in [1.165, 1.54) is 0 Å². The summed E-state index contributed by atoms with van der Waals surface area (Å²) in [6.07, 6.45) is 1.78. The molecular formula is C24H36N4O5. The molecule has 0 aliphatic carbocycles. The number of amides is 2. The van der Waals surface area contributed by atoms with Gasteiger partial charge < -0.3 is 30.5 Å². The van der Waals surface area contributed by atoms with Gasteiger partial charge in [-0.05, 0) is 51.7 Å². The lowest BCUT2D eigenvalue weighted by atomic mass is 10.0. The first kappa shape index (κ1) is 26.5. The number of hydrogen-bond acceptors (Lipinski definition) is 6. The second-order valence-corrected chi connectivity index (χ2v) is 7.81. The molecule has 9 nitrogen and oxygen atoms in total. The molecule has 33 heavy (non-hydrogen) atoms. The summed E-state index contributed by atoms with van der Waals surface area (Å²) in [6, 6.07) is 8.67. The Morgan fingerprint density at radius 2 is 1.85 bits per heavy atom. The summed E-state index contributed by atoms with van der Waals surface area (Å²) in [7, 11) is 0. The number of aromatic nitrogens is 1. The van der Waals surface area contributed by atoms with Gasteiger partial charge in [-0.3, -0.25) is 9.78 Å². The van der Waals surface area contributed by atoms with Crippen molar-refractivity contribution in [2.45, 2.75) is 65.0 Å². The fraction of sp³-hybridized carbons (Fsp3) is 0.542. The van der Waals surface area contributed by atoms with Crippen molar-refractivity contribution in [2.75, 3.05) is 19.8 Å². The minimum atomic E-state index is -1.06. The van der Waals surface area contributed by atoms with E-state index in [1.54, 1.807) is 11.1 Å². The quantitative estimate of drug-likeness (QED) is 0.292. The van der Waals surface area contributed by atoms with Gasteiger partial charge in [-0.25, -0.2) is 4.79 Å². The van der Waals surface area contributed by atoms with Crippen LogP contribution in [-0.4, -0.2) is 65.1 Å². The molecule has 2 unspecified atom stereocenters. The predicted octanol–water partition coefficient (Wildman–Crippen LogP) is 3.12. The van der Waals surface area contributed by atoms with Crippen molar-refractivity contribution in [2.24, 2.45) is 5.73 Å². The van der Waals surface area contributed by atoms with Gasteiger partial charge in [0.1, 0.15) is 0 Å². The molecule has 182 valence electrons. The minimum Gasteiger partial charge on any atom is -0.465 e. The number of nitrogens with one attached hydrogen (secondary N) is 1. The predicted molar refractivity (Wildman–Crippen MR) is 127 cm³/mol. The van der Waals surface area contributed by atoms with Crippen LogP contribution in [-0.2, 0) is 20.8 Å².